The molecule has 210 valence electrons. The maximum absolute atomic E-state index is 5.10. The van der Waals surface area contributed by atoms with Gasteiger partial charge in [0.2, 0.25) is 0 Å². The van der Waals surface area contributed by atoms with E-state index in [4.69, 9.17) is 9.97 Å². The Labute approximate surface area is 266 Å². The van der Waals surface area contributed by atoms with Crippen LogP contribution in [0.3, 0.4) is 0 Å². The number of thiophene rings is 2. The first-order chi connectivity index (χ1) is 22.3. The first-order valence-electron chi connectivity index (χ1n) is 15.0. The maximum Gasteiger partial charge on any atom is 0.160 e. The second kappa shape index (κ2) is 9.57. The minimum Gasteiger partial charge on any atom is -0.308 e. The highest BCUT2D eigenvalue weighted by Crippen LogP contribution is 2.48. The van der Waals surface area contributed by atoms with Gasteiger partial charge >= 0.3 is 0 Å². The molecular weight excluding hydrogens is 587 g/mol. The van der Waals surface area contributed by atoms with Crippen molar-refractivity contribution in [2.45, 2.75) is 0 Å². The third-order valence-electron chi connectivity index (χ3n) is 8.85. The molecule has 0 saturated heterocycles. The summed E-state index contributed by atoms with van der Waals surface area (Å²) in [6, 6.07) is 49.6. The Kier molecular flexibility index (Phi) is 5.32. The molecule has 5 heteroatoms. The summed E-state index contributed by atoms with van der Waals surface area (Å²) in [5.74, 6) is 0.731. The van der Waals surface area contributed by atoms with Crippen molar-refractivity contribution in [3.63, 3.8) is 0 Å². The molecule has 0 aliphatic heterocycles. The number of para-hydroxylation sites is 2. The molecule has 6 aromatic carbocycles. The van der Waals surface area contributed by atoms with Crippen molar-refractivity contribution in [3.05, 3.63) is 140 Å². The highest BCUT2D eigenvalue weighted by molar-refractivity contribution is 7.45. The van der Waals surface area contributed by atoms with E-state index >= 15 is 0 Å². The number of nitrogens with zero attached hydrogens (tertiary/aromatic N) is 3. The normalized spacial score (nSPS) is 12.0. The molecule has 0 aliphatic rings. The van der Waals surface area contributed by atoms with Crippen LogP contribution in [-0.4, -0.2) is 14.5 Å². The van der Waals surface area contributed by atoms with E-state index < -0.39 is 0 Å². The summed E-state index contributed by atoms with van der Waals surface area (Å²) in [6.07, 6.45) is 0. The molecule has 3 nitrogen and oxygen atoms in total. The van der Waals surface area contributed by atoms with Crippen LogP contribution in [0.4, 0.5) is 0 Å². The number of fused-ring (bicyclic) bond motifs is 10. The molecule has 4 heterocycles. The van der Waals surface area contributed by atoms with Gasteiger partial charge in [-0.3, -0.25) is 0 Å². The maximum atomic E-state index is 5.10. The Hall–Kier alpha value is -5.36. The SMILES string of the molecule is c1ccc(-c2nc(-c3ccc(-n4c5ccccc5c5ccc6c(sc7sc8ccccc8c76)c54)cc3)nc3ccccc23)cc1. The molecule has 10 rings (SSSR count). The summed E-state index contributed by atoms with van der Waals surface area (Å²) >= 11 is 3.82. The quantitative estimate of drug-likeness (QED) is 0.199. The van der Waals surface area contributed by atoms with E-state index in [1.165, 1.54) is 51.4 Å². The minimum absolute atomic E-state index is 0.731. The second-order valence-corrected chi connectivity index (χ2v) is 13.7. The van der Waals surface area contributed by atoms with Crippen molar-refractivity contribution in [3.8, 4) is 28.3 Å². The largest absolute Gasteiger partial charge is 0.308 e. The van der Waals surface area contributed by atoms with E-state index in [-0.39, 0.29) is 0 Å². The number of hydrogen-bond acceptors (Lipinski definition) is 4. The lowest BCUT2D eigenvalue weighted by Crippen LogP contribution is -1.97. The van der Waals surface area contributed by atoms with Gasteiger partial charge in [-0.15, -0.1) is 22.7 Å². The van der Waals surface area contributed by atoms with Crippen molar-refractivity contribution >= 4 is 85.0 Å². The fourth-order valence-corrected chi connectivity index (χ4v) is 9.54. The predicted molar refractivity (Wildman–Crippen MR) is 193 cm³/mol. The Morgan fingerprint density at radius 1 is 0.489 bits per heavy atom. The van der Waals surface area contributed by atoms with Gasteiger partial charge < -0.3 is 4.57 Å². The summed E-state index contributed by atoms with van der Waals surface area (Å²) in [5, 5.41) is 7.67. The van der Waals surface area contributed by atoms with Crippen LogP contribution in [0.2, 0.25) is 0 Å². The molecule has 0 spiro atoms. The van der Waals surface area contributed by atoms with E-state index in [0.29, 0.717) is 0 Å². The first-order valence-corrected chi connectivity index (χ1v) is 16.6. The van der Waals surface area contributed by atoms with Gasteiger partial charge in [-0.2, -0.15) is 0 Å². The Morgan fingerprint density at radius 2 is 1.20 bits per heavy atom. The molecule has 0 aliphatic carbocycles. The summed E-state index contributed by atoms with van der Waals surface area (Å²) in [5.41, 5.74) is 7.59. The van der Waals surface area contributed by atoms with Crippen molar-refractivity contribution in [1.82, 2.24) is 14.5 Å². The summed E-state index contributed by atoms with van der Waals surface area (Å²) in [4.78, 5) is 10.1. The molecule has 0 unspecified atom stereocenters. The monoisotopic (exact) mass is 609 g/mol. The summed E-state index contributed by atoms with van der Waals surface area (Å²) < 4.78 is 6.51. The molecule has 0 radical (unpaired) electrons. The minimum atomic E-state index is 0.731. The van der Waals surface area contributed by atoms with Gasteiger partial charge in [0.25, 0.3) is 0 Å². The van der Waals surface area contributed by atoms with Crippen LogP contribution in [0.15, 0.2) is 140 Å². The second-order valence-electron chi connectivity index (χ2n) is 11.4. The Bertz CT molecular complexity index is 2750. The average molecular weight is 610 g/mol. The van der Waals surface area contributed by atoms with E-state index in [0.717, 1.165) is 39.2 Å². The van der Waals surface area contributed by atoms with Crippen LogP contribution >= 0.6 is 22.7 Å². The van der Waals surface area contributed by atoms with E-state index in [1.807, 2.05) is 34.8 Å². The van der Waals surface area contributed by atoms with Gasteiger partial charge in [0.15, 0.2) is 5.82 Å². The van der Waals surface area contributed by atoms with Crippen molar-refractivity contribution in [1.29, 1.82) is 0 Å². The molecule has 10 aromatic rings. The Balaban J connectivity index is 1.19. The first kappa shape index (κ1) is 25.0. The molecule has 0 N–H and O–H groups in total. The molecular formula is C40H23N3S2. The number of aromatic nitrogens is 3. The topological polar surface area (TPSA) is 30.7 Å². The third-order valence-corrected chi connectivity index (χ3v) is 11.3. The average Bonchev–Trinajstić information content (AvgIpc) is 3.76. The van der Waals surface area contributed by atoms with E-state index in [2.05, 4.69) is 132 Å². The number of hydrogen-bond donors (Lipinski definition) is 0. The molecule has 0 amide bonds. The fourth-order valence-electron chi connectivity index (χ4n) is 6.82. The summed E-state index contributed by atoms with van der Waals surface area (Å²) in [6.45, 7) is 0. The highest BCUT2D eigenvalue weighted by atomic mass is 32.2. The van der Waals surface area contributed by atoms with Crippen molar-refractivity contribution in [2.24, 2.45) is 0 Å². The van der Waals surface area contributed by atoms with Crippen LogP contribution in [0.5, 0.6) is 0 Å². The fraction of sp³-hybridized carbons (Fsp3) is 0. The van der Waals surface area contributed by atoms with Crippen LogP contribution in [-0.2, 0) is 0 Å². The zero-order valence-electron chi connectivity index (χ0n) is 23.9. The number of rotatable bonds is 3. The molecule has 0 saturated carbocycles. The van der Waals surface area contributed by atoms with Crippen LogP contribution < -0.4 is 0 Å². The molecule has 0 atom stereocenters. The van der Waals surface area contributed by atoms with Gasteiger partial charge in [-0.1, -0.05) is 97.1 Å². The van der Waals surface area contributed by atoms with Crippen LogP contribution in [0, 0.1) is 0 Å². The van der Waals surface area contributed by atoms with Gasteiger partial charge in [-0.05, 0) is 42.5 Å². The van der Waals surface area contributed by atoms with Crippen molar-refractivity contribution < 1.29 is 0 Å². The van der Waals surface area contributed by atoms with E-state index in [1.54, 1.807) is 0 Å². The number of benzene rings is 6. The van der Waals surface area contributed by atoms with Gasteiger partial charge in [0, 0.05) is 53.8 Å². The third kappa shape index (κ3) is 3.69. The smallest absolute Gasteiger partial charge is 0.160 e. The zero-order chi connectivity index (χ0) is 29.5. The molecule has 0 bridgehead atoms. The van der Waals surface area contributed by atoms with Gasteiger partial charge in [0.05, 0.1) is 31.0 Å². The van der Waals surface area contributed by atoms with Crippen molar-refractivity contribution in [2.75, 3.05) is 0 Å². The van der Waals surface area contributed by atoms with Crippen LogP contribution in [0.1, 0.15) is 0 Å². The van der Waals surface area contributed by atoms with E-state index in [9.17, 15) is 0 Å². The molecule has 0 fully saturated rings. The standard InChI is InChI=1S/C40H23N3S2/c1-2-10-24(11-3-1)36-29-13-4-7-15-32(29)41-39(42-36)25-18-20-26(21-19-25)43-33-16-8-5-12-27(33)28-22-23-31-35-30-14-6-9-17-34(30)44-40(35)45-38(31)37(28)43/h1-23H. The highest BCUT2D eigenvalue weighted by Gasteiger charge is 2.20. The zero-order valence-corrected chi connectivity index (χ0v) is 25.6. The summed E-state index contributed by atoms with van der Waals surface area (Å²) in [7, 11) is 0. The van der Waals surface area contributed by atoms with Gasteiger partial charge in [0.1, 0.15) is 0 Å². The predicted octanol–water partition coefficient (Wildman–Crippen LogP) is 11.6. The molecule has 4 aromatic heterocycles. The Morgan fingerprint density at radius 3 is 2.07 bits per heavy atom. The van der Waals surface area contributed by atoms with Crippen LogP contribution in [0.25, 0.3) is 90.6 Å². The lowest BCUT2D eigenvalue weighted by molar-refractivity contribution is 1.18. The lowest BCUT2D eigenvalue weighted by atomic mass is 10.1. The van der Waals surface area contributed by atoms with Gasteiger partial charge in [-0.25, -0.2) is 9.97 Å². The molecule has 45 heavy (non-hydrogen) atoms. The lowest BCUT2D eigenvalue weighted by Gasteiger charge is -2.11.